The van der Waals surface area contributed by atoms with E-state index in [0.717, 1.165) is 22.6 Å². The maximum absolute atomic E-state index is 5.99. The Morgan fingerprint density at radius 1 is 0.947 bits per heavy atom. The molecule has 0 atom stereocenters. The molecule has 0 aliphatic rings. The molecule has 0 bridgehead atoms. The molecule has 2 aromatic carbocycles. The lowest BCUT2D eigenvalue weighted by atomic mass is 10.1. The molecule has 100 valence electrons. The Bertz CT molecular complexity index is 602. The summed E-state index contributed by atoms with van der Waals surface area (Å²) in [5.74, 6) is 0.904. The van der Waals surface area contributed by atoms with Crippen LogP contribution in [0.1, 0.15) is 27.8 Å². The summed E-state index contributed by atoms with van der Waals surface area (Å²) in [5.41, 5.74) is 12.6. The number of hydrogen-bond acceptors (Lipinski definition) is 2. The standard InChI is InChI=1S/C17H21NO/c1-11-5-6-12(2)15(9-11)10-19-17-13(3)7-8-16(18)14(17)4/h5-9H,10,18H2,1-4H3. The maximum Gasteiger partial charge on any atom is 0.127 e. The second-order valence-electron chi connectivity index (χ2n) is 5.14. The van der Waals surface area contributed by atoms with E-state index in [9.17, 15) is 0 Å². The van der Waals surface area contributed by atoms with E-state index in [4.69, 9.17) is 10.5 Å². The van der Waals surface area contributed by atoms with Crippen molar-refractivity contribution in [1.29, 1.82) is 0 Å². The molecule has 2 aromatic rings. The average molecular weight is 255 g/mol. The molecule has 2 nitrogen and oxygen atoms in total. The van der Waals surface area contributed by atoms with Gasteiger partial charge in [-0.1, -0.05) is 29.8 Å². The molecule has 0 radical (unpaired) electrons. The van der Waals surface area contributed by atoms with E-state index >= 15 is 0 Å². The SMILES string of the molecule is Cc1ccc(C)c(COc2c(C)ccc(N)c2C)c1. The number of benzene rings is 2. The van der Waals surface area contributed by atoms with Crippen LogP contribution < -0.4 is 10.5 Å². The summed E-state index contributed by atoms with van der Waals surface area (Å²) >= 11 is 0. The van der Waals surface area contributed by atoms with Crippen molar-refractivity contribution in [2.45, 2.75) is 34.3 Å². The number of hydrogen-bond donors (Lipinski definition) is 1. The van der Waals surface area contributed by atoms with E-state index in [0.29, 0.717) is 6.61 Å². The minimum atomic E-state index is 0.582. The molecule has 0 fully saturated rings. The van der Waals surface area contributed by atoms with Gasteiger partial charge in [-0.05, 0) is 50.5 Å². The van der Waals surface area contributed by atoms with Gasteiger partial charge in [0, 0.05) is 11.3 Å². The highest BCUT2D eigenvalue weighted by molar-refractivity contribution is 5.56. The van der Waals surface area contributed by atoms with Crippen LogP contribution in [0.4, 0.5) is 5.69 Å². The highest BCUT2D eigenvalue weighted by Gasteiger charge is 2.08. The van der Waals surface area contributed by atoms with Gasteiger partial charge < -0.3 is 10.5 Å². The first-order valence-corrected chi connectivity index (χ1v) is 6.53. The van der Waals surface area contributed by atoms with Gasteiger partial charge >= 0.3 is 0 Å². The fourth-order valence-electron chi connectivity index (χ4n) is 2.17. The van der Waals surface area contributed by atoms with Crippen LogP contribution in [0, 0.1) is 27.7 Å². The third-order valence-corrected chi connectivity index (χ3v) is 3.52. The normalized spacial score (nSPS) is 10.5. The zero-order valence-corrected chi connectivity index (χ0v) is 12.1. The molecule has 0 spiro atoms. The predicted octanol–water partition coefficient (Wildman–Crippen LogP) is 4.08. The molecule has 0 aromatic heterocycles. The summed E-state index contributed by atoms with van der Waals surface area (Å²) in [7, 11) is 0. The minimum absolute atomic E-state index is 0.582. The zero-order valence-electron chi connectivity index (χ0n) is 12.1. The lowest BCUT2D eigenvalue weighted by Crippen LogP contribution is -2.02. The van der Waals surface area contributed by atoms with Gasteiger partial charge in [0.1, 0.15) is 12.4 Å². The van der Waals surface area contributed by atoms with E-state index in [-0.39, 0.29) is 0 Å². The predicted molar refractivity (Wildman–Crippen MR) is 80.6 cm³/mol. The van der Waals surface area contributed by atoms with Gasteiger partial charge in [0.2, 0.25) is 0 Å². The Kier molecular flexibility index (Phi) is 3.79. The fourth-order valence-corrected chi connectivity index (χ4v) is 2.17. The monoisotopic (exact) mass is 255 g/mol. The van der Waals surface area contributed by atoms with Crippen LogP contribution in [0.25, 0.3) is 0 Å². The Balaban J connectivity index is 2.24. The molecule has 0 saturated heterocycles. The second-order valence-corrected chi connectivity index (χ2v) is 5.14. The summed E-state index contributed by atoms with van der Waals surface area (Å²) < 4.78 is 5.99. The van der Waals surface area contributed by atoms with Gasteiger partial charge in [-0.25, -0.2) is 0 Å². The largest absolute Gasteiger partial charge is 0.488 e. The molecule has 0 aliphatic heterocycles. The number of anilines is 1. The second kappa shape index (κ2) is 5.35. The van der Waals surface area contributed by atoms with Gasteiger partial charge in [-0.2, -0.15) is 0 Å². The van der Waals surface area contributed by atoms with E-state index in [1.807, 2.05) is 26.0 Å². The van der Waals surface area contributed by atoms with Gasteiger partial charge in [-0.3, -0.25) is 0 Å². The quantitative estimate of drug-likeness (QED) is 0.839. The van der Waals surface area contributed by atoms with Crippen LogP contribution >= 0.6 is 0 Å². The topological polar surface area (TPSA) is 35.2 Å². The summed E-state index contributed by atoms with van der Waals surface area (Å²) in [5, 5.41) is 0. The van der Waals surface area contributed by atoms with Gasteiger partial charge in [0.15, 0.2) is 0 Å². The first-order chi connectivity index (χ1) is 8.99. The molecule has 0 heterocycles. The fraction of sp³-hybridized carbons (Fsp3) is 0.294. The molecule has 2 N–H and O–H groups in total. The first-order valence-electron chi connectivity index (χ1n) is 6.53. The molecule has 0 aliphatic carbocycles. The van der Waals surface area contributed by atoms with E-state index in [1.165, 1.54) is 16.7 Å². The molecule has 2 heteroatoms. The number of ether oxygens (including phenoxy) is 1. The summed E-state index contributed by atoms with van der Waals surface area (Å²) in [6.07, 6.45) is 0. The van der Waals surface area contributed by atoms with E-state index in [1.54, 1.807) is 0 Å². The first kappa shape index (κ1) is 13.5. The van der Waals surface area contributed by atoms with Crippen molar-refractivity contribution in [3.8, 4) is 5.75 Å². The Hall–Kier alpha value is -1.96. The number of nitrogen functional groups attached to an aromatic ring is 1. The molecular weight excluding hydrogens is 234 g/mol. The van der Waals surface area contributed by atoms with Crippen molar-refractivity contribution < 1.29 is 4.74 Å². The zero-order chi connectivity index (χ0) is 14.0. The molecule has 19 heavy (non-hydrogen) atoms. The molecule has 0 amide bonds. The van der Waals surface area contributed by atoms with Crippen LogP contribution in [0.3, 0.4) is 0 Å². The Morgan fingerprint density at radius 2 is 1.63 bits per heavy atom. The van der Waals surface area contributed by atoms with Crippen molar-refractivity contribution >= 4 is 5.69 Å². The van der Waals surface area contributed by atoms with Crippen LogP contribution in [0.5, 0.6) is 5.75 Å². The third-order valence-electron chi connectivity index (χ3n) is 3.52. The lowest BCUT2D eigenvalue weighted by Gasteiger charge is -2.15. The number of nitrogens with two attached hydrogens (primary N) is 1. The molecule has 2 rings (SSSR count). The Morgan fingerprint density at radius 3 is 2.37 bits per heavy atom. The van der Waals surface area contributed by atoms with Crippen LogP contribution in [0.15, 0.2) is 30.3 Å². The van der Waals surface area contributed by atoms with Gasteiger partial charge in [-0.15, -0.1) is 0 Å². The van der Waals surface area contributed by atoms with Gasteiger partial charge in [0.05, 0.1) is 0 Å². The van der Waals surface area contributed by atoms with Crippen LogP contribution in [-0.2, 0) is 6.61 Å². The molecular formula is C17H21NO. The summed E-state index contributed by atoms with van der Waals surface area (Å²) in [6, 6.07) is 10.4. The Labute approximate surface area is 115 Å². The lowest BCUT2D eigenvalue weighted by molar-refractivity contribution is 0.301. The van der Waals surface area contributed by atoms with Gasteiger partial charge in [0.25, 0.3) is 0 Å². The van der Waals surface area contributed by atoms with Crippen molar-refractivity contribution in [2.24, 2.45) is 0 Å². The highest BCUT2D eigenvalue weighted by atomic mass is 16.5. The van der Waals surface area contributed by atoms with E-state index in [2.05, 4.69) is 32.0 Å². The summed E-state index contributed by atoms with van der Waals surface area (Å²) in [6.45, 7) is 8.83. The molecule has 0 unspecified atom stereocenters. The highest BCUT2D eigenvalue weighted by Crippen LogP contribution is 2.28. The van der Waals surface area contributed by atoms with Crippen molar-refractivity contribution in [2.75, 3.05) is 5.73 Å². The third kappa shape index (κ3) is 2.90. The van der Waals surface area contributed by atoms with Crippen molar-refractivity contribution in [3.63, 3.8) is 0 Å². The van der Waals surface area contributed by atoms with E-state index < -0.39 is 0 Å². The van der Waals surface area contributed by atoms with Crippen molar-refractivity contribution in [3.05, 3.63) is 58.1 Å². The van der Waals surface area contributed by atoms with Crippen LogP contribution in [0.2, 0.25) is 0 Å². The minimum Gasteiger partial charge on any atom is -0.488 e. The number of rotatable bonds is 3. The number of aryl methyl sites for hydroxylation is 3. The average Bonchev–Trinajstić information content (AvgIpc) is 2.38. The van der Waals surface area contributed by atoms with Crippen molar-refractivity contribution in [1.82, 2.24) is 0 Å². The maximum atomic E-state index is 5.99. The molecule has 0 saturated carbocycles. The summed E-state index contributed by atoms with van der Waals surface area (Å²) in [4.78, 5) is 0. The smallest absolute Gasteiger partial charge is 0.127 e. The van der Waals surface area contributed by atoms with Crippen LogP contribution in [-0.4, -0.2) is 0 Å².